The van der Waals surface area contributed by atoms with Gasteiger partial charge in [-0.3, -0.25) is 4.79 Å². The molecule has 1 unspecified atom stereocenters. The number of carbonyl (C=O) groups is 1. The predicted octanol–water partition coefficient (Wildman–Crippen LogP) is 4.93. The number of benzene rings is 2. The first-order valence-electron chi connectivity index (χ1n) is 9.83. The van der Waals surface area contributed by atoms with Gasteiger partial charge in [0.2, 0.25) is 5.91 Å². The largest absolute Gasteiger partial charge is 0.430 e. The van der Waals surface area contributed by atoms with Crippen molar-refractivity contribution in [1.29, 1.82) is 0 Å². The van der Waals surface area contributed by atoms with Gasteiger partial charge in [0.1, 0.15) is 5.75 Å². The average molecular weight is 410 g/mol. The van der Waals surface area contributed by atoms with Crippen LogP contribution in [0, 0.1) is 12.8 Å². The number of nitrogens with one attached hydrogen (secondary N) is 1. The van der Waals surface area contributed by atoms with Gasteiger partial charge < -0.3 is 10.1 Å². The van der Waals surface area contributed by atoms with Gasteiger partial charge in [0, 0.05) is 24.0 Å². The van der Waals surface area contributed by atoms with Crippen LogP contribution in [-0.4, -0.2) is 21.3 Å². The van der Waals surface area contributed by atoms with Crippen molar-refractivity contribution in [3.05, 3.63) is 71.0 Å². The van der Waals surface area contributed by atoms with Crippen molar-refractivity contribution in [1.82, 2.24) is 14.7 Å². The van der Waals surface area contributed by atoms with E-state index in [0.717, 1.165) is 11.4 Å². The number of amides is 1. The lowest BCUT2D eigenvalue weighted by Gasteiger charge is -2.17. The Balaban J connectivity index is 1.54. The van der Waals surface area contributed by atoms with Gasteiger partial charge in [0.15, 0.2) is 5.82 Å². The second kappa shape index (κ2) is 9.65. The Bertz CT molecular complexity index is 934. The summed E-state index contributed by atoms with van der Waals surface area (Å²) in [4.78, 5) is 16.6. The summed E-state index contributed by atoms with van der Waals surface area (Å²) in [7, 11) is 0. The summed E-state index contributed by atoms with van der Waals surface area (Å²) in [5.41, 5.74) is 3.36. The number of aromatic nitrogens is 2. The summed E-state index contributed by atoms with van der Waals surface area (Å²) in [6.45, 7) is 8.28. The zero-order valence-electron chi connectivity index (χ0n) is 17.3. The number of aryl methyl sites for hydroxylation is 1. The highest BCUT2D eigenvalue weighted by Crippen LogP contribution is 2.24. The number of rotatable bonds is 8. The molecular formula is C23H27N3O2S. The van der Waals surface area contributed by atoms with Gasteiger partial charge in [-0.05, 0) is 43.0 Å². The molecule has 1 amide bonds. The van der Waals surface area contributed by atoms with Gasteiger partial charge >= 0.3 is 0 Å². The molecule has 0 fully saturated rings. The summed E-state index contributed by atoms with van der Waals surface area (Å²) >= 11 is 1.24. The minimum Gasteiger partial charge on any atom is -0.430 e. The Hall–Kier alpha value is -2.73. The number of ether oxygens (including phenoxy) is 1. The van der Waals surface area contributed by atoms with Crippen molar-refractivity contribution in [2.75, 3.05) is 0 Å². The maximum atomic E-state index is 12.1. The van der Waals surface area contributed by atoms with E-state index < -0.39 is 0 Å². The molecule has 3 rings (SSSR count). The van der Waals surface area contributed by atoms with Crippen molar-refractivity contribution in [2.24, 2.45) is 5.92 Å². The third kappa shape index (κ3) is 6.39. The average Bonchev–Trinajstić information content (AvgIpc) is 3.12. The van der Waals surface area contributed by atoms with E-state index in [0.29, 0.717) is 29.7 Å². The smallest absolute Gasteiger partial charge is 0.298 e. The Morgan fingerprint density at radius 2 is 1.69 bits per heavy atom. The molecule has 0 bridgehead atoms. The molecule has 2 aromatic carbocycles. The van der Waals surface area contributed by atoms with Crippen LogP contribution in [0.1, 0.15) is 43.3 Å². The van der Waals surface area contributed by atoms with Crippen LogP contribution < -0.4 is 10.1 Å². The van der Waals surface area contributed by atoms with E-state index in [4.69, 9.17) is 4.74 Å². The van der Waals surface area contributed by atoms with E-state index >= 15 is 0 Å². The highest BCUT2D eigenvalue weighted by atomic mass is 32.1. The van der Waals surface area contributed by atoms with Crippen LogP contribution >= 0.6 is 11.5 Å². The topological polar surface area (TPSA) is 64.1 Å². The monoisotopic (exact) mass is 409 g/mol. The second-order valence-electron chi connectivity index (χ2n) is 7.66. The van der Waals surface area contributed by atoms with E-state index in [1.54, 1.807) is 0 Å². The van der Waals surface area contributed by atoms with Crippen molar-refractivity contribution in [2.45, 2.75) is 46.6 Å². The fourth-order valence-corrected chi connectivity index (χ4v) is 3.24. The van der Waals surface area contributed by atoms with Gasteiger partial charge in [0.25, 0.3) is 5.19 Å². The first-order chi connectivity index (χ1) is 13.9. The van der Waals surface area contributed by atoms with E-state index in [1.807, 2.05) is 31.2 Å². The molecule has 152 valence electrons. The SMILES string of the molecule is Cc1ccc(Cc2nsc(Oc3ccc(CC(=O)NC(C)C(C)C)cc3)n2)cc1. The van der Waals surface area contributed by atoms with Crippen molar-refractivity contribution < 1.29 is 9.53 Å². The molecule has 1 aromatic heterocycles. The molecule has 1 N–H and O–H groups in total. The van der Waals surface area contributed by atoms with E-state index in [-0.39, 0.29) is 11.9 Å². The van der Waals surface area contributed by atoms with Crippen LogP contribution in [0.5, 0.6) is 10.9 Å². The highest BCUT2D eigenvalue weighted by molar-refractivity contribution is 7.07. The molecular weight excluding hydrogens is 382 g/mol. The number of carbonyl (C=O) groups excluding carboxylic acids is 1. The minimum absolute atomic E-state index is 0.0322. The lowest BCUT2D eigenvalue weighted by atomic mass is 10.1. The van der Waals surface area contributed by atoms with E-state index in [1.165, 1.54) is 22.7 Å². The standard InChI is InChI=1S/C23H27N3O2S/c1-15(2)17(4)24-22(27)14-19-9-11-20(12-10-19)28-23-25-21(26-29-23)13-18-7-5-16(3)6-8-18/h5-12,15,17H,13-14H2,1-4H3,(H,24,27). The van der Waals surface area contributed by atoms with Crippen LogP contribution in [0.2, 0.25) is 0 Å². The molecule has 1 atom stereocenters. The summed E-state index contributed by atoms with van der Waals surface area (Å²) in [5.74, 6) is 1.88. The third-order valence-electron chi connectivity index (χ3n) is 4.81. The van der Waals surface area contributed by atoms with Crippen molar-refractivity contribution in [3.63, 3.8) is 0 Å². The number of hydrogen-bond donors (Lipinski definition) is 1. The molecule has 3 aromatic rings. The Morgan fingerprint density at radius 1 is 1.03 bits per heavy atom. The molecule has 0 saturated carbocycles. The molecule has 6 heteroatoms. The third-order valence-corrected chi connectivity index (χ3v) is 5.45. The maximum Gasteiger partial charge on any atom is 0.298 e. The molecule has 0 aliphatic heterocycles. The molecule has 5 nitrogen and oxygen atoms in total. The fraction of sp³-hybridized carbons (Fsp3) is 0.348. The summed E-state index contributed by atoms with van der Waals surface area (Å²) < 4.78 is 10.2. The zero-order chi connectivity index (χ0) is 20.8. The first kappa shape index (κ1) is 21.0. The van der Waals surface area contributed by atoms with E-state index in [9.17, 15) is 4.79 Å². The van der Waals surface area contributed by atoms with Crippen molar-refractivity contribution >= 4 is 17.4 Å². The first-order valence-corrected chi connectivity index (χ1v) is 10.6. The molecule has 0 spiro atoms. The number of nitrogens with zero attached hydrogens (tertiary/aromatic N) is 2. The molecule has 1 heterocycles. The van der Waals surface area contributed by atoms with Gasteiger partial charge in [-0.15, -0.1) is 0 Å². The normalized spacial score (nSPS) is 12.0. The summed E-state index contributed by atoms with van der Waals surface area (Å²) in [5, 5.41) is 3.54. The van der Waals surface area contributed by atoms with Crippen molar-refractivity contribution in [3.8, 4) is 10.9 Å². The quantitative estimate of drug-likeness (QED) is 0.573. The fourth-order valence-electron chi connectivity index (χ4n) is 2.67. The van der Waals surface area contributed by atoms with Crippen LogP contribution in [-0.2, 0) is 17.6 Å². The zero-order valence-corrected chi connectivity index (χ0v) is 18.1. The van der Waals surface area contributed by atoms with Crippen LogP contribution in [0.15, 0.2) is 48.5 Å². The van der Waals surface area contributed by atoms with Crippen LogP contribution in [0.4, 0.5) is 0 Å². The van der Waals surface area contributed by atoms with Gasteiger partial charge in [-0.1, -0.05) is 55.8 Å². The lowest BCUT2D eigenvalue weighted by Crippen LogP contribution is -2.37. The Labute approximate surface area is 176 Å². The predicted molar refractivity (Wildman–Crippen MR) is 117 cm³/mol. The minimum atomic E-state index is 0.0322. The molecule has 0 radical (unpaired) electrons. The van der Waals surface area contributed by atoms with E-state index in [2.05, 4.69) is 59.7 Å². The second-order valence-corrected chi connectivity index (χ2v) is 8.38. The molecule has 0 saturated heterocycles. The van der Waals surface area contributed by atoms with Crippen LogP contribution in [0.25, 0.3) is 0 Å². The van der Waals surface area contributed by atoms with Gasteiger partial charge in [-0.2, -0.15) is 9.36 Å². The molecule has 0 aliphatic rings. The summed E-state index contributed by atoms with van der Waals surface area (Å²) in [6.07, 6.45) is 1.04. The molecule has 29 heavy (non-hydrogen) atoms. The highest BCUT2D eigenvalue weighted by Gasteiger charge is 2.12. The number of hydrogen-bond acceptors (Lipinski definition) is 5. The Kier molecular flexibility index (Phi) is 6.99. The Morgan fingerprint density at radius 3 is 2.34 bits per heavy atom. The summed E-state index contributed by atoms with van der Waals surface area (Å²) in [6, 6.07) is 16.0. The lowest BCUT2D eigenvalue weighted by molar-refractivity contribution is -0.121. The maximum absolute atomic E-state index is 12.1. The molecule has 0 aliphatic carbocycles. The van der Waals surface area contributed by atoms with Crippen LogP contribution in [0.3, 0.4) is 0 Å². The van der Waals surface area contributed by atoms with Gasteiger partial charge in [-0.25, -0.2) is 0 Å². The van der Waals surface area contributed by atoms with Gasteiger partial charge in [0.05, 0.1) is 6.42 Å².